The van der Waals surface area contributed by atoms with Crippen LogP contribution in [0.4, 0.5) is 5.69 Å². The number of nitrogens with zero attached hydrogens (tertiary/aromatic N) is 1. The van der Waals surface area contributed by atoms with Crippen LogP contribution in [0, 0.1) is 0 Å². The van der Waals surface area contributed by atoms with Crippen LogP contribution in [0.2, 0.25) is 0 Å². The van der Waals surface area contributed by atoms with Crippen LogP contribution < -0.4 is 14.4 Å². The highest BCUT2D eigenvalue weighted by Gasteiger charge is 2.34. The molecule has 0 radical (unpaired) electrons. The second-order valence-corrected chi connectivity index (χ2v) is 8.72. The minimum atomic E-state index is -0.960. The average molecular weight is 478 g/mol. The van der Waals surface area contributed by atoms with E-state index < -0.39 is 5.97 Å². The quantitative estimate of drug-likeness (QED) is 0.362. The van der Waals surface area contributed by atoms with Gasteiger partial charge in [-0.3, -0.25) is 9.69 Å². The Morgan fingerprint density at radius 3 is 2.42 bits per heavy atom. The molecule has 0 aliphatic carbocycles. The molecule has 1 saturated heterocycles. The van der Waals surface area contributed by atoms with Gasteiger partial charge in [-0.2, -0.15) is 0 Å². The van der Waals surface area contributed by atoms with Gasteiger partial charge >= 0.3 is 5.97 Å². The number of thioether (sulfide) groups is 1. The minimum Gasteiger partial charge on any atom is -0.495 e. The summed E-state index contributed by atoms with van der Waals surface area (Å²) in [5.41, 5.74) is 2.56. The third-order valence-electron chi connectivity index (χ3n) is 4.90. The van der Waals surface area contributed by atoms with Crippen LogP contribution in [0.1, 0.15) is 21.5 Å². The number of hydrogen-bond donors (Lipinski definition) is 1. The number of amides is 1. The Bertz CT molecular complexity index is 1240. The van der Waals surface area contributed by atoms with Crippen molar-refractivity contribution in [3.05, 3.63) is 94.4 Å². The zero-order chi connectivity index (χ0) is 23.4. The SMILES string of the molecule is COc1ccccc1N1C(=O)/C(=C/c2ccc(OCc3ccc(C(=O)O)cc3)cc2)SC1=S. The van der Waals surface area contributed by atoms with E-state index in [1.165, 1.54) is 16.7 Å². The van der Waals surface area contributed by atoms with E-state index in [0.717, 1.165) is 11.1 Å². The Morgan fingerprint density at radius 2 is 1.76 bits per heavy atom. The number of ether oxygens (including phenoxy) is 2. The van der Waals surface area contributed by atoms with Crippen LogP contribution in [0.15, 0.2) is 77.7 Å². The van der Waals surface area contributed by atoms with Gasteiger partial charge in [0.05, 0.1) is 23.3 Å². The highest BCUT2D eigenvalue weighted by molar-refractivity contribution is 8.27. The molecular weight excluding hydrogens is 458 g/mol. The van der Waals surface area contributed by atoms with Gasteiger partial charge in [0.15, 0.2) is 4.32 Å². The van der Waals surface area contributed by atoms with Crippen molar-refractivity contribution in [1.29, 1.82) is 0 Å². The number of carboxylic acid groups (broad SMARTS) is 1. The second kappa shape index (κ2) is 9.89. The zero-order valence-corrected chi connectivity index (χ0v) is 19.2. The molecule has 1 aliphatic rings. The molecule has 1 N–H and O–H groups in total. The molecule has 0 atom stereocenters. The smallest absolute Gasteiger partial charge is 0.335 e. The van der Waals surface area contributed by atoms with Crippen LogP contribution in [-0.4, -0.2) is 28.4 Å². The van der Waals surface area contributed by atoms with Crippen molar-refractivity contribution in [3.8, 4) is 11.5 Å². The Labute approximate surface area is 200 Å². The van der Waals surface area contributed by atoms with Crippen LogP contribution in [0.5, 0.6) is 11.5 Å². The molecule has 0 aromatic heterocycles. The number of para-hydroxylation sites is 2. The van der Waals surface area contributed by atoms with Crippen LogP contribution in [0.25, 0.3) is 6.08 Å². The summed E-state index contributed by atoms with van der Waals surface area (Å²) < 4.78 is 11.6. The largest absolute Gasteiger partial charge is 0.495 e. The molecule has 3 aromatic carbocycles. The van der Waals surface area contributed by atoms with E-state index in [-0.39, 0.29) is 11.5 Å². The fraction of sp³-hybridized carbons (Fsp3) is 0.0800. The zero-order valence-electron chi connectivity index (χ0n) is 17.6. The van der Waals surface area contributed by atoms with Crippen molar-refractivity contribution in [2.75, 3.05) is 12.0 Å². The monoisotopic (exact) mass is 477 g/mol. The predicted octanol–water partition coefficient (Wildman–Crippen LogP) is 5.38. The number of anilines is 1. The molecule has 166 valence electrons. The number of benzene rings is 3. The molecule has 1 aliphatic heterocycles. The minimum absolute atomic E-state index is 0.195. The molecule has 0 bridgehead atoms. The number of carboxylic acids is 1. The number of rotatable bonds is 7. The summed E-state index contributed by atoms with van der Waals surface area (Å²) in [6.45, 7) is 0.316. The van der Waals surface area contributed by atoms with E-state index in [1.54, 1.807) is 49.6 Å². The van der Waals surface area contributed by atoms with E-state index in [9.17, 15) is 9.59 Å². The molecule has 0 unspecified atom stereocenters. The van der Waals surface area contributed by atoms with Crippen LogP contribution >= 0.6 is 24.0 Å². The predicted molar refractivity (Wildman–Crippen MR) is 133 cm³/mol. The van der Waals surface area contributed by atoms with Crippen LogP contribution in [-0.2, 0) is 11.4 Å². The maximum absolute atomic E-state index is 13.0. The van der Waals surface area contributed by atoms with E-state index >= 15 is 0 Å². The molecule has 1 fully saturated rings. The standard InChI is InChI=1S/C25H19NO5S2/c1-30-21-5-3-2-4-20(21)26-23(27)22(33-25(26)32)14-16-8-12-19(13-9-16)31-15-17-6-10-18(11-7-17)24(28)29/h2-14H,15H2,1H3,(H,28,29)/b22-14-. The molecule has 6 nitrogen and oxygen atoms in total. The van der Waals surface area contributed by atoms with Crippen molar-refractivity contribution in [1.82, 2.24) is 0 Å². The fourth-order valence-electron chi connectivity index (χ4n) is 3.21. The van der Waals surface area contributed by atoms with Gasteiger partial charge in [-0.1, -0.05) is 60.4 Å². The molecule has 0 saturated carbocycles. The third-order valence-corrected chi connectivity index (χ3v) is 6.21. The van der Waals surface area contributed by atoms with Gasteiger partial charge in [0.25, 0.3) is 5.91 Å². The Balaban J connectivity index is 1.43. The second-order valence-electron chi connectivity index (χ2n) is 7.05. The molecular formula is C25H19NO5S2. The van der Waals surface area contributed by atoms with Crippen molar-refractivity contribution < 1.29 is 24.2 Å². The first-order chi connectivity index (χ1) is 16.0. The number of carbonyl (C=O) groups is 2. The lowest BCUT2D eigenvalue weighted by Gasteiger charge is -2.17. The molecule has 8 heteroatoms. The van der Waals surface area contributed by atoms with Gasteiger partial charge in [0.1, 0.15) is 18.1 Å². The van der Waals surface area contributed by atoms with Crippen molar-refractivity contribution in [2.45, 2.75) is 6.61 Å². The first kappa shape index (κ1) is 22.6. The number of thiocarbonyl (C=S) groups is 1. The molecule has 3 aromatic rings. The maximum atomic E-state index is 13.0. The molecule has 0 spiro atoms. The van der Waals surface area contributed by atoms with Crippen molar-refractivity contribution >= 4 is 51.9 Å². The number of carbonyl (C=O) groups excluding carboxylic acids is 1. The highest BCUT2D eigenvalue weighted by atomic mass is 32.2. The van der Waals surface area contributed by atoms with Crippen molar-refractivity contribution in [3.63, 3.8) is 0 Å². The van der Waals surface area contributed by atoms with E-state index in [4.69, 9.17) is 26.8 Å². The maximum Gasteiger partial charge on any atom is 0.335 e. The van der Waals surface area contributed by atoms with Gasteiger partial charge < -0.3 is 14.6 Å². The van der Waals surface area contributed by atoms with E-state index in [2.05, 4.69) is 0 Å². The average Bonchev–Trinajstić information content (AvgIpc) is 3.11. The lowest BCUT2D eigenvalue weighted by molar-refractivity contribution is -0.113. The van der Waals surface area contributed by atoms with E-state index in [1.807, 2.05) is 36.4 Å². The van der Waals surface area contributed by atoms with Gasteiger partial charge in [-0.05, 0) is 53.6 Å². The topological polar surface area (TPSA) is 76.1 Å². The van der Waals surface area contributed by atoms with Gasteiger partial charge in [-0.25, -0.2) is 4.79 Å². The van der Waals surface area contributed by atoms with Gasteiger partial charge in [0, 0.05) is 0 Å². The Kier molecular flexibility index (Phi) is 6.76. The first-order valence-corrected chi connectivity index (χ1v) is 11.1. The summed E-state index contributed by atoms with van der Waals surface area (Å²) in [7, 11) is 1.56. The summed E-state index contributed by atoms with van der Waals surface area (Å²) in [5.74, 6) is 0.0858. The normalized spacial score (nSPS) is 14.6. The number of hydrogen-bond acceptors (Lipinski definition) is 6. The summed E-state index contributed by atoms with van der Waals surface area (Å²) in [6.07, 6.45) is 1.79. The van der Waals surface area contributed by atoms with Crippen molar-refractivity contribution in [2.24, 2.45) is 0 Å². The Hall–Kier alpha value is -3.62. The molecule has 4 rings (SSSR count). The summed E-state index contributed by atoms with van der Waals surface area (Å²) in [5, 5.41) is 8.96. The lowest BCUT2D eigenvalue weighted by Crippen LogP contribution is -2.27. The summed E-state index contributed by atoms with van der Waals surface area (Å²) >= 11 is 6.69. The van der Waals surface area contributed by atoms with Gasteiger partial charge in [0.2, 0.25) is 0 Å². The molecule has 1 amide bonds. The fourth-order valence-corrected chi connectivity index (χ4v) is 4.50. The lowest BCUT2D eigenvalue weighted by atomic mass is 10.1. The summed E-state index contributed by atoms with van der Waals surface area (Å²) in [4.78, 5) is 26.0. The third kappa shape index (κ3) is 5.08. The van der Waals surface area contributed by atoms with Crippen LogP contribution in [0.3, 0.4) is 0 Å². The van der Waals surface area contributed by atoms with E-state index in [0.29, 0.717) is 33.0 Å². The van der Waals surface area contributed by atoms with Gasteiger partial charge in [-0.15, -0.1) is 0 Å². The Morgan fingerprint density at radius 1 is 1.06 bits per heavy atom. The number of methoxy groups -OCH3 is 1. The number of aromatic carboxylic acids is 1. The molecule has 1 heterocycles. The highest BCUT2D eigenvalue weighted by Crippen LogP contribution is 2.39. The molecule has 33 heavy (non-hydrogen) atoms. The summed E-state index contributed by atoms with van der Waals surface area (Å²) in [6, 6.07) is 21.2. The first-order valence-electron chi connectivity index (χ1n) is 9.92.